The van der Waals surface area contributed by atoms with Crippen LogP contribution < -0.4 is 5.73 Å². The zero-order valence-corrected chi connectivity index (χ0v) is 12.5. The van der Waals surface area contributed by atoms with Gasteiger partial charge in [0.05, 0.1) is 6.04 Å². The van der Waals surface area contributed by atoms with Gasteiger partial charge in [0.2, 0.25) is 5.91 Å². The fraction of sp³-hybridized carbons (Fsp3) is 0.222. The Morgan fingerprint density at radius 3 is 2.59 bits per heavy atom. The van der Waals surface area contributed by atoms with Crippen LogP contribution in [0.1, 0.15) is 44.3 Å². The average Bonchev–Trinajstić information content (AvgIpc) is 2.97. The Morgan fingerprint density at radius 2 is 1.82 bits per heavy atom. The Bertz CT molecular complexity index is 739. The molecule has 0 radical (unpaired) electrons. The van der Waals surface area contributed by atoms with Gasteiger partial charge in [-0.2, -0.15) is 0 Å². The van der Waals surface area contributed by atoms with Crippen LogP contribution in [0, 0.1) is 0 Å². The van der Waals surface area contributed by atoms with Gasteiger partial charge in [-0.05, 0) is 42.2 Å². The average molecular weight is 294 g/mol. The molecule has 112 valence electrons. The predicted molar refractivity (Wildman–Crippen MR) is 84.6 cm³/mol. The van der Waals surface area contributed by atoms with E-state index in [0.29, 0.717) is 11.1 Å². The van der Waals surface area contributed by atoms with Crippen LogP contribution in [0.2, 0.25) is 0 Å². The van der Waals surface area contributed by atoms with Crippen molar-refractivity contribution in [3.8, 4) is 0 Å². The van der Waals surface area contributed by atoms with Crippen LogP contribution in [-0.2, 0) is 6.42 Å². The standard InChI is InChI=1S/C18H18N2O2/c1-20(16-10-9-12-5-2-3-8-15(12)16)18(22)14-7-4-6-13(11-14)17(19)21/h2-8,11,16H,9-10H2,1H3,(H2,19,21). The van der Waals surface area contributed by atoms with Crippen molar-refractivity contribution in [2.45, 2.75) is 18.9 Å². The Labute approximate surface area is 129 Å². The molecule has 0 saturated carbocycles. The van der Waals surface area contributed by atoms with Crippen LogP contribution in [0.25, 0.3) is 0 Å². The summed E-state index contributed by atoms with van der Waals surface area (Å²) in [4.78, 5) is 25.7. The number of fused-ring (bicyclic) bond motifs is 1. The molecular weight excluding hydrogens is 276 g/mol. The van der Waals surface area contributed by atoms with E-state index in [0.717, 1.165) is 12.8 Å². The van der Waals surface area contributed by atoms with E-state index in [-0.39, 0.29) is 11.9 Å². The summed E-state index contributed by atoms with van der Waals surface area (Å²) in [7, 11) is 1.81. The first kappa shape index (κ1) is 14.3. The van der Waals surface area contributed by atoms with Crippen LogP contribution in [0.5, 0.6) is 0 Å². The van der Waals surface area contributed by atoms with Crippen molar-refractivity contribution in [1.29, 1.82) is 0 Å². The van der Waals surface area contributed by atoms with E-state index in [1.54, 1.807) is 29.2 Å². The fourth-order valence-electron chi connectivity index (χ4n) is 3.09. The first-order valence-corrected chi connectivity index (χ1v) is 7.33. The van der Waals surface area contributed by atoms with Crippen LogP contribution in [-0.4, -0.2) is 23.8 Å². The van der Waals surface area contributed by atoms with E-state index in [2.05, 4.69) is 12.1 Å². The second-order valence-electron chi connectivity index (χ2n) is 5.61. The van der Waals surface area contributed by atoms with E-state index in [1.807, 2.05) is 19.2 Å². The maximum atomic E-state index is 12.7. The number of rotatable bonds is 3. The zero-order chi connectivity index (χ0) is 15.7. The van der Waals surface area contributed by atoms with Crippen molar-refractivity contribution in [2.24, 2.45) is 5.73 Å². The molecule has 1 aliphatic rings. The normalized spacial score (nSPS) is 16.1. The molecule has 0 aromatic heterocycles. The minimum atomic E-state index is -0.525. The van der Waals surface area contributed by atoms with Gasteiger partial charge in [-0.1, -0.05) is 30.3 Å². The van der Waals surface area contributed by atoms with Gasteiger partial charge in [0, 0.05) is 18.2 Å². The number of aryl methyl sites for hydroxylation is 1. The third-order valence-corrected chi connectivity index (χ3v) is 4.28. The third kappa shape index (κ3) is 2.48. The molecule has 3 rings (SSSR count). The van der Waals surface area contributed by atoms with Gasteiger partial charge in [0.15, 0.2) is 0 Å². The third-order valence-electron chi connectivity index (χ3n) is 4.28. The fourth-order valence-corrected chi connectivity index (χ4v) is 3.09. The van der Waals surface area contributed by atoms with E-state index in [4.69, 9.17) is 5.73 Å². The van der Waals surface area contributed by atoms with E-state index < -0.39 is 5.91 Å². The van der Waals surface area contributed by atoms with Gasteiger partial charge in [-0.3, -0.25) is 9.59 Å². The van der Waals surface area contributed by atoms with Crippen molar-refractivity contribution in [3.63, 3.8) is 0 Å². The van der Waals surface area contributed by atoms with E-state index in [1.165, 1.54) is 11.1 Å². The Kier molecular flexibility index (Phi) is 3.67. The second kappa shape index (κ2) is 5.64. The van der Waals surface area contributed by atoms with Gasteiger partial charge in [-0.25, -0.2) is 0 Å². The summed E-state index contributed by atoms with van der Waals surface area (Å²) in [5, 5.41) is 0. The topological polar surface area (TPSA) is 63.4 Å². The van der Waals surface area contributed by atoms with Crippen LogP contribution in [0.4, 0.5) is 0 Å². The molecule has 1 unspecified atom stereocenters. The number of nitrogens with two attached hydrogens (primary N) is 1. The molecular formula is C18H18N2O2. The lowest BCUT2D eigenvalue weighted by Crippen LogP contribution is -2.30. The van der Waals surface area contributed by atoms with Gasteiger partial charge < -0.3 is 10.6 Å². The van der Waals surface area contributed by atoms with Crippen molar-refractivity contribution in [3.05, 3.63) is 70.8 Å². The molecule has 22 heavy (non-hydrogen) atoms. The zero-order valence-electron chi connectivity index (χ0n) is 12.5. The molecule has 0 bridgehead atoms. The Balaban J connectivity index is 1.87. The molecule has 2 aromatic rings. The molecule has 0 saturated heterocycles. The number of primary amides is 1. The van der Waals surface area contributed by atoms with Crippen molar-refractivity contribution in [1.82, 2.24) is 4.90 Å². The highest BCUT2D eigenvalue weighted by Crippen LogP contribution is 2.35. The maximum absolute atomic E-state index is 12.7. The van der Waals surface area contributed by atoms with Gasteiger partial charge in [0.1, 0.15) is 0 Å². The summed E-state index contributed by atoms with van der Waals surface area (Å²) in [6.45, 7) is 0. The quantitative estimate of drug-likeness (QED) is 0.945. The van der Waals surface area contributed by atoms with Crippen LogP contribution in [0.15, 0.2) is 48.5 Å². The Morgan fingerprint density at radius 1 is 1.09 bits per heavy atom. The smallest absolute Gasteiger partial charge is 0.254 e. The lowest BCUT2D eigenvalue weighted by Gasteiger charge is -2.25. The number of benzene rings is 2. The van der Waals surface area contributed by atoms with E-state index >= 15 is 0 Å². The van der Waals surface area contributed by atoms with Crippen LogP contribution >= 0.6 is 0 Å². The van der Waals surface area contributed by atoms with Gasteiger partial charge >= 0.3 is 0 Å². The lowest BCUT2D eigenvalue weighted by atomic mass is 10.1. The summed E-state index contributed by atoms with van der Waals surface area (Å²) in [6, 6.07) is 14.9. The molecule has 0 heterocycles. The molecule has 0 fully saturated rings. The number of hydrogen-bond donors (Lipinski definition) is 1. The molecule has 4 nitrogen and oxygen atoms in total. The Hall–Kier alpha value is -2.62. The number of hydrogen-bond acceptors (Lipinski definition) is 2. The predicted octanol–water partition coefficient (Wildman–Crippen LogP) is 2.55. The molecule has 0 spiro atoms. The summed E-state index contributed by atoms with van der Waals surface area (Å²) >= 11 is 0. The summed E-state index contributed by atoms with van der Waals surface area (Å²) in [5.74, 6) is -0.617. The minimum absolute atomic E-state index is 0.0842. The van der Waals surface area contributed by atoms with Gasteiger partial charge in [-0.15, -0.1) is 0 Å². The number of carbonyl (C=O) groups excluding carboxylic acids is 2. The molecule has 1 atom stereocenters. The van der Waals surface area contributed by atoms with Crippen molar-refractivity contribution >= 4 is 11.8 Å². The monoisotopic (exact) mass is 294 g/mol. The van der Waals surface area contributed by atoms with Crippen molar-refractivity contribution < 1.29 is 9.59 Å². The molecule has 2 N–H and O–H groups in total. The van der Waals surface area contributed by atoms with Crippen molar-refractivity contribution in [2.75, 3.05) is 7.05 Å². The number of nitrogens with zero attached hydrogens (tertiary/aromatic N) is 1. The summed E-state index contributed by atoms with van der Waals surface area (Å²) in [5.41, 5.74) is 8.64. The SMILES string of the molecule is CN(C(=O)c1cccc(C(N)=O)c1)C1CCc2ccccc21. The summed E-state index contributed by atoms with van der Waals surface area (Å²) < 4.78 is 0. The highest BCUT2D eigenvalue weighted by Gasteiger charge is 2.28. The largest absolute Gasteiger partial charge is 0.366 e. The second-order valence-corrected chi connectivity index (χ2v) is 5.61. The first-order valence-electron chi connectivity index (χ1n) is 7.33. The van der Waals surface area contributed by atoms with Gasteiger partial charge in [0.25, 0.3) is 5.91 Å². The number of carbonyl (C=O) groups is 2. The highest BCUT2D eigenvalue weighted by atomic mass is 16.2. The van der Waals surface area contributed by atoms with E-state index in [9.17, 15) is 9.59 Å². The summed E-state index contributed by atoms with van der Waals surface area (Å²) in [6.07, 6.45) is 1.91. The molecule has 4 heteroatoms. The molecule has 1 aliphatic carbocycles. The molecule has 0 aliphatic heterocycles. The molecule has 2 aromatic carbocycles. The lowest BCUT2D eigenvalue weighted by molar-refractivity contribution is 0.0730. The highest BCUT2D eigenvalue weighted by molar-refractivity contribution is 5.99. The number of amides is 2. The minimum Gasteiger partial charge on any atom is -0.366 e. The van der Waals surface area contributed by atoms with Crippen LogP contribution in [0.3, 0.4) is 0 Å². The molecule has 2 amide bonds. The maximum Gasteiger partial charge on any atom is 0.254 e. The first-order chi connectivity index (χ1) is 10.6.